The molecular formula is C19H13N5O2. The van der Waals surface area contributed by atoms with E-state index in [9.17, 15) is 0 Å². The molecule has 0 bridgehead atoms. The average Bonchev–Trinajstić information content (AvgIpc) is 3.36. The third-order valence-electron chi connectivity index (χ3n) is 4.05. The fourth-order valence-electron chi connectivity index (χ4n) is 2.84. The van der Waals surface area contributed by atoms with Crippen molar-refractivity contribution in [1.29, 1.82) is 0 Å². The highest BCUT2D eigenvalue weighted by Crippen LogP contribution is 2.29. The zero-order chi connectivity index (χ0) is 17.3. The Labute approximate surface area is 147 Å². The van der Waals surface area contributed by atoms with Gasteiger partial charge in [0.1, 0.15) is 6.61 Å². The van der Waals surface area contributed by atoms with E-state index < -0.39 is 0 Å². The van der Waals surface area contributed by atoms with Gasteiger partial charge in [0, 0.05) is 17.0 Å². The van der Waals surface area contributed by atoms with Crippen LogP contribution in [-0.2, 0) is 6.61 Å². The second-order valence-corrected chi connectivity index (χ2v) is 5.70. The highest BCUT2D eigenvalue weighted by Gasteiger charge is 2.17. The lowest BCUT2D eigenvalue weighted by atomic mass is 10.2. The molecule has 4 aromatic heterocycles. The van der Waals surface area contributed by atoms with Crippen LogP contribution in [0.5, 0.6) is 5.88 Å². The summed E-state index contributed by atoms with van der Waals surface area (Å²) in [5.74, 6) is 1.61. The number of benzene rings is 1. The Morgan fingerprint density at radius 3 is 2.62 bits per heavy atom. The SMILES string of the molecule is c1ccc(COc2nn3c(-c4ccco4)nnc3c3ccccc23)nc1. The summed E-state index contributed by atoms with van der Waals surface area (Å²) in [5.41, 5.74) is 1.48. The first-order chi connectivity index (χ1) is 12.9. The molecule has 4 heterocycles. The smallest absolute Gasteiger partial charge is 0.240 e. The first kappa shape index (κ1) is 14.6. The van der Waals surface area contributed by atoms with E-state index in [1.54, 1.807) is 23.0 Å². The van der Waals surface area contributed by atoms with Crippen LogP contribution in [0.4, 0.5) is 0 Å². The predicted molar refractivity (Wildman–Crippen MR) is 94.6 cm³/mol. The Morgan fingerprint density at radius 2 is 1.81 bits per heavy atom. The molecule has 0 radical (unpaired) electrons. The predicted octanol–water partition coefficient (Wildman–Crippen LogP) is 3.51. The highest BCUT2D eigenvalue weighted by molar-refractivity contribution is 5.96. The van der Waals surface area contributed by atoms with Gasteiger partial charge in [-0.05, 0) is 30.3 Å². The zero-order valence-corrected chi connectivity index (χ0v) is 13.6. The lowest BCUT2D eigenvalue weighted by Crippen LogP contribution is -2.04. The molecule has 0 atom stereocenters. The molecule has 5 aromatic rings. The van der Waals surface area contributed by atoms with Gasteiger partial charge in [0.25, 0.3) is 0 Å². The van der Waals surface area contributed by atoms with Crippen LogP contribution in [0.1, 0.15) is 5.69 Å². The van der Waals surface area contributed by atoms with Crippen LogP contribution in [0, 0.1) is 0 Å². The summed E-state index contributed by atoms with van der Waals surface area (Å²) in [6, 6.07) is 17.2. The number of fused-ring (bicyclic) bond motifs is 3. The summed E-state index contributed by atoms with van der Waals surface area (Å²) in [7, 11) is 0. The van der Waals surface area contributed by atoms with Crippen molar-refractivity contribution in [3.63, 3.8) is 0 Å². The van der Waals surface area contributed by atoms with E-state index in [1.165, 1.54) is 0 Å². The van der Waals surface area contributed by atoms with Gasteiger partial charge in [-0.2, -0.15) is 4.52 Å². The lowest BCUT2D eigenvalue weighted by molar-refractivity contribution is 0.289. The van der Waals surface area contributed by atoms with Gasteiger partial charge >= 0.3 is 0 Å². The second-order valence-electron chi connectivity index (χ2n) is 5.70. The summed E-state index contributed by atoms with van der Waals surface area (Å²) >= 11 is 0. The minimum Gasteiger partial charge on any atom is -0.470 e. The van der Waals surface area contributed by atoms with Gasteiger partial charge in [0.15, 0.2) is 11.4 Å². The quantitative estimate of drug-likeness (QED) is 0.497. The molecule has 7 heteroatoms. The Kier molecular flexibility index (Phi) is 3.35. The standard InChI is InChI=1S/C19H13N5O2/c1-2-8-15-14(7-1)17-21-22-18(16-9-5-11-25-16)24(17)23-19(15)26-12-13-6-3-4-10-20-13/h1-11H,12H2. The Bertz CT molecular complexity index is 1180. The Morgan fingerprint density at radius 1 is 0.923 bits per heavy atom. The van der Waals surface area contributed by atoms with Crippen molar-refractivity contribution < 1.29 is 9.15 Å². The molecule has 1 aromatic carbocycles. The maximum atomic E-state index is 5.97. The fraction of sp³-hybridized carbons (Fsp3) is 0.0526. The second kappa shape index (κ2) is 5.96. The molecule has 0 aliphatic carbocycles. The van der Waals surface area contributed by atoms with Gasteiger partial charge in [0.2, 0.25) is 11.7 Å². The van der Waals surface area contributed by atoms with E-state index in [2.05, 4.69) is 20.3 Å². The third-order valence-corrected chi connectivity index (χ3v) is 4.05. The molecule has 0 fully saturated rings. The number of rotatable bonds is 4. The van der Waals surface area contributed by atoms with Crippen LogP contribution in [0.15, 0.2) is 71.5 Å². The molecule has 7 nitrogen and oxygen atoms in total. The minimum atomic E-state index is 0.321. The van der Waals surface area contributed by atoms with E-state index in [4.69, 9.17) is 9.15 Å². The molecule has 0 unspecified atom stereocenters. The van der Waals surface area contributed by atoms with Gasteiger partial charge in [0.05, 0.1) is 12.0 Å². The van der Waals surface area contributed by atoms with Gasteiger partial charge in [-0.3, -0.25) is 4.98 Å². The molecule has 26 heavy (non-hydrogen) atoms. The minimum absolute atomic E-state index is 0.321. The Balaban J connectivity index is 1.66. The van der Waals surface area contributed by atoms with Crippen LogP contribution in [0.25, 0.3) is 28.0 Å². The number of hydrogen-bond donors (Lipinski definition) is 0. The first-order valence-electron chi connectivity index (χ1n) is 8.11. The third kappa shape index (κ3) is 2.37. The number of aromatic nitrogens is 5. The topological polar surface area (TPSA) is 78.3 Å². The van der Waals surface area contributed by atoms with Crippen molar-refractivity contribution in [2.75, 3.05) is 0 Å². The monoisotopic (exact) mass is 343 g/mol. The van der Waals surface area contributed by atoms with E-state index in [0.717, 1.165) is 16.5 Å². The van der Waals surface area contributed by atoms with Crippen LogP contribution in [-0.4, -0.2) is 24.8 Å². The zero-order valence-electron chi connectivity index (χ0n) is 13.6. The van der Waals surface area contributed by atoms with Gasteiger partial charge < -0.3 is 9.15 Å². The molecular weight excluding hydrogens is 330 g/mol. The fourth-order valence-corrected chi connectivity index (χ4v) is 2.84. The number of ether oxygens (including phenoxy) is 1. The maximum Gasteiger partial charge on any atom is 0.240 e. The molecule has 0 amide bonds. The summed E-state index contributed by atoms with van der Waals surface area (Å²) in [6.45, 7) is 0.321. The molecule has 0 spiro atoms. The molecule has 5 rings (SSSR count). The van der Waals surface area contributed by atoms with Crippen LogP contribution in [0.2, 0.25) is 0 Å². The van der Waals surface area contributed by atoms with E-state index in [1.807, 2.05) is 48.5 Å². The van der Waals surface area contributed by atoms with E-state index in [-0.39, 0.29) is 0 Å². The first-order valence-corrected chi connectivity index (χ1v) is 8.11. The number of hydrogen-bond acceptors (Lipinski definition) is 6. The van der Waals surface area contributed by atoms with Crippen molar-refractivity contribution in [1.82, 2.24) is 24.8 Å². The summed E-state index contributed by atoms with van der Waals surface area (Å²) in [6.07, 6.45) is 3.33. The Hall–Kier alpha value is -3.74. The number of pyridine rings is 1. The molecule has 126 valence electrons. The maximum absolute atomic E-state index is 5.97. The largest absolute Gasteiger partial charge is 0.470 e. The molecule has 0 N–H and O–H groups in total. The summed E-state index contributed by atoms with van der Waals surface area (Å²) < 4.78 is 13.1. The number of nitrogens with zero attached hydrogens (tertiary/aromatic N) is 5. The highest BCUT2D eigenvalue weighted by atomic mass is 16.5. The average molecular weight is 343 g/mol. The molecule has 0 saturated carbocycles. The van der Waals surface area contributed by atoms with Crippen molar-refractivity contribution in [2.45, 2.75) is 6.61 Å². The van der Waals surface area contributed by atoms with Gasteiger partial charge in [-0.15, -0.1) is 15.3 Å². The summed E-state index contributed by atoms with van der Waals surface area (Å²) in [4.78, 5) is 4.29. The number of furan rings is 1. The normalized spacial score (nSPS) is 11.2. The van der Waals surface area contributed by atoms with Crippen LogP contribution < -0.4 is 4.74 Å². The van der Waals surface area contributed by atoms with Crippen LogP contribution >= 0.6 is 0 Å². The van der Waals surface area contributed by atoms with Gasteiger partial charge in [-0.1, -0.05) is 24.3 Å². The van der Waals surface area contributed by atoms with Crippen molar-refractivity contribution in [2.24, 2.45) is 0 Å². The lowest BCUT2D eigenvalue weighted by Gasteiger charge is -2.09. The van der Waals surface area contributed by atoms with Gasteiger partial charge in [-0.25, -0.2) is 0 Å². The molecule has 0 aliphatic rings. The molecule has 0 aliphatic heterocycles. The van der Waals surface area contributed by atoms with E-state index >= 15 is 0 Å². The van der Waals surface area contributed by atoms with Crippen LogP contribution in [0.3, 0.4) is 0 Å². The summed E-state index contributed by atoms with van der Waals surface area (Å²) in [5, 5.41) is 14.9. The van der Waals surface area contributed by atoms with E-state index in [0.29, 0.717) is 29.7 Å². The van der Waals surface area contributed by atoms with Crippen molar-refractivity contribution in [3.8, 4) is 17.5 Å². The van der Waals surface area contributed by atoms with Crippen molar-refractivity contribution in [3.05, 3.63) is 72.8 Å². The molecule has 0 saturated heterocycles. The van der Waals surface area contributed by atoms with Crippen molar-refractivity contribution >= 4 is 16.4 Å².